The Morgan fingerprint density at radius 3 is 2.78 bits per heavy atom. The molecule has 144 valence electrons. The first-order valence-electron chi connectivity index (χ1n) is 9.49. The fraction of sp³-hybridized carbons (Fsp3) is 0.500. The second-order valence-corrected chi connectivity index (χ2v) is 7.23. The van der Waals surface area contributed by atoms with Gasteiger partial charge in [-0.3, -0.25) is 9.69 Å². The van der Waals surface area contributed by atoms with Crippen LogP contribution in [0.5, 0.6) is 5.75 Å². The van der Waals surface area contributed by atoms with Crippen LogP contribution < -0.4 is 4.74 Å². The van der Waals surface area contributed by atoms with E-state index in [0.717, 1.165) is 38.0 Å². The molecule has 0 radical (unpaired) electrons. The Labute approximate surface area is 158 Å². The third kappa shape index (κ3) is 2.90. The average molecular weight is 372 g/mol. The Kier molecular flexibility index (Phi) is 4.63. The molecular formula is C20H25FN4O2. The number of likely N-dealkylation sites (N-methyl/N-ethyl adjacent to an activating group) is 1. The van der Waals surface area contributed by atoms with Crippen molar-refractivity contribution in [1.82, 2.24) is 19.8 Å². The van der Waals surface area contributed by atoms with Gasteiger partial charge in [-0.25, -0.2) is 9.37 Å². The number of halogens is 1. The van der Waals surface area contributed by atoms with Crippen molar-refractivity contribution in [2.75, 3.05) is 33.3 Å². The number of likely N-dealkylation sites (tertiary alicyclic amines) is 1. The molecule has 0 saturated carbocycles. The number of carbonyl (C=O) groups excluding carboxylic acids is 1. The molecule has 0 bridgehead atoms. The van der Waals surface area contributed by atoms with Crippen molar-refractivity contribution in [2.24, 2.45) is 0 Å². The van der Waals surface area contributed by atoms with Gasteiger partial charge in [-0.15, -0.1) is 0 Å². The first-order valence-corrected chi connectivity index (χ1v) is 9.49. The third-order valence-corrected chi connectivity index (χ3v) is 6.05. The molecular weight excluding hydrogens is 347 g/mol. The molecule has 1 aromatic heterocycles. The molecule has 2 aliphatic rings. The van der Waals surface area contributed by atoms with Gasteiger partial charge in [-0.2, -0.15) is 0 Å². The van der Waals surface area contributed by atoms with Crippen LogP contribution in [0, 0.1) is 5.82 Å². The summed E-state index contributed by atoms with van der Waals surface area (Å²) in [6.45, 7) is 5.41. The number of imidazole rings is 1. The van der Waals surface area contributed by atoms with E-state index in [1.54, 1.807) is 12.4 Å². The van der Waals surface area contributed by atoms with Crippen molar-refractivity contribution >= 4 is 5.91 Å². The van der Waals surface area contributed by atoms with E-state index in [9.17, 15) is 9.18 Å². The molecule has 2 aromatic rings. The third-order valence-electron chi connectivity index (χ3n) is 6.05. The molecule has 0 atom stereocenters. The molecule has 1 amide bonds. The van der Waals surface area contributed by atoms with Crippen molar-refractivity contribution in [3.05, 3.63) is 47.3 Å². The second kappa shape index (κ2) is 6.96. The minimum Gasteiger partial charge on any atom is -0.494 e. The number of nitrogens with zero attached hydrogens (tertiary/aromatic N) is 3. The predicted octanol–water partition coefficient (Wildman–Crippen LogP) is 2.57. The van der Waals surface area contributed by atoms with Crippen molar-refractivity contribution in [2.45, 2.75) is 31.7 Å². The van der Waals surface area contributed by atoms with Gasteiger partial charge in [-0.05, 0) is 37.6 Å². The fourth-order valence-electron chi connectivity index (χ4n) is 4.60. The topological polar surface area (TPSA) is 61.5 Å². The number of amides is 1. The van der Waals surface area contributed by atoms with Gasteiger partial charge < -0.3 is 14.6 Å². The highest BCUT2D eigenvalue weighted by Gasteiger charge is 2.46. The number of fused-ring (bicyclic) bond motifs is 2. The van der Waals surface area contributed by atoms with E-state index in [2.05, 4.69) is 21.8 Å². The van der Waals surface area contributed by atoms with E-state index in [1.807, 2.05) is 4.90 Å². The van der Waals surface area contributed by atoms with E-state index in [4.69, 9.17) is 4.74 Å². The zero-order chi connectivity index (χ0) is 19.0. The van der Waals surface area contributed by atoms with Gasteiger partial charge in [0.1, 0.15) is 0 Å². The van der Waals surface area contributed by atoms with Gasteiger partial charge in [0.25, 0.3) is 5.91 Å². The lowest BCUT2D eigenvalue weighted by Crippen LogP contribution is -2.57. The first kappa shape index (κ1) is 18.0. The van der Waals surface area contributed by atoms with E-state index in [0.29, 0.717) is 18.7 Å². The maximum absolute atomic E-state index is 14.0. The van der Waals surface area contributed by atoms with Crippen LogP contribution in [0.25, 0.3) is 0 Å². The van der Waals surface area contributed by atoms with E-state index in [1.165, 1.54) is 24.9 Å². The average Bonchev–Trinajstić information content (AvgIpc) is 3.18. The van der Waals surface area contributed by atoms with Crippen molar-refractivity contribution in [1.29, 1.82) is 0 Å². The fourth-order valence-corrected chi connectivity index (χ4v) is 4.60. The number of aromatic nitrogens is 2. The molecule has 4 rings (SSSR count). The highest BCUT2D eigenvalue weighted by atomic mass is 19.1. The van der Waals surface area contributed by atoms with Crippen LogP contribution in [0.2, 0.25) is 0 Å². The summed E-state index contributed by atoms with van der Waals surface area (Å²) in [5, 5.41) is 0. The van der Waals surface area contributed by atoms with Crippen LogP contribution in [-0.2, 0) is 12.0 Å². The van der Waals surface area contributed by atoms with Gasteiger partial charge in [0, 0.05) is 37.3 Å². The molecule has 27 heavy (non-hydrogen) atoms. The SMILES string of the molecule is CCN1CCc2[nH]cnc2C12CCN(C(=O)c1ccc(OC)c(F)c1)CC2. The van der Waals surface area contributed by atoms with Crippen molar-refractivity contribution in [3.8, 4) is 5.75 Å². The number of ether oxygens (including phenoxy) is 1. The number of benzene rings is 1. The van der Waals surface area contributed by atoms with Crippen LogP contribution >= 0.6 is 0 Å². The molecule has 3 heterocycles. The number of H-pyrrole nitrogens is 1. The Morgan fingerprint density at radius 2 is 2.11 bits per heavy atom. The summed E-state index contributed by atoms with van der Waals surface area (Å²) in [6.07, 6.45) is 4.44. The lowest BCUT2D eigenvalue weighted by Gasteiger charge is -2.50. The molecule has 1 fully saturated rings. The number of piperidine rings is 1. The molecule has 1 spiro atoms. The number of carbonyl (C=O) groups is 1. The lowest BCUT2D eigenvalue weighted by atomic mass is 9.78. The van der Waals surface area contributed by atoms with Gasteiger partial charge >= 0.3 is 0 Å². The number of hydrogen-bond acceptors (Lipinski definition) is 4. The van der Waals surface area contributed by atoms with Crippen molar-refractivity contribution in [3.63, 3.8) is 0 Å². The van der Waals surface area contributed by atoms with E-state index in [-0.39, 0.29) is 17.2 Å². The number of hydrogen-bond donors (Lipinski definition) is 1. The molecule has 1 saturated heterocycles. The van der Waals surface area contributed by atoms with Gasteiger partial charge in [0.2, 0.25) is 0 Å². The maximum Gasteiger partial charge on any atom is 0.253 e. The van der Waals surface area contributed by atoms with E-state index < -0.39 is 5.82 Å². The molecule has 0 aliphatic carbocycles. The quantitative estimate of drug-likeness (QED) is 0.900. The highest BCUT2D eigenvalue weighted by Crippen LogP contribution is 2.42. The van der Waals surface area contributed by atoms with Crippen LogP contribution in [0.15, 0.2) is 24.5 Å². The summed E-state index contributed by atoms with van der Waals surface area (Å²) in [7, 11) is 1.41. The summed E-state index contributed by atoms with van der Waals surface area (Å²) >= 11 is 0. The van der Waals surface area contributed by atoms with Gasteiger partial charge in [0.15, 0.2) is 11.6 Å². The highest BCUT2D eigenvalue weighted by molar-refractivity contribution is 5.94. The number of rotatable bonds is 3. The molecule has 0 unspecified atom stereocenters. The molecule has 7 heteroatoms. The number of methoxy groups -OCH3 is 1. The zero-order valence-electron chi connectivity index (χ0n) is 15.8. The summed E-state index contributed by atoms with van der Waals surface area (Å²) in [5.41, 5.74) is 2.61. The Morgan fingerprint density at radius 1 is 1.33 bits per heavy atom. The Balaban J connectivity index is 1.53. The lowest BCUT2D eigenvalue weighted by molar-refractivity contribution is 0.0102. The molecule has 1 N–H and O–H groups in total. The maximum atomic E-state index is 14.0. The predicted molar refractivity (Wildman–Crippen MR) is 99.3 cm³/mol. The minimum atomic E-state index is -0.512. The van der Waals surface area contributed by atoms with Crippen LogP contribution in [0.1, 0.15) is 41.5 Å². The molecule has 6 nitrogen and oxygen atoms in total. The number of nitrogens with one attached hydrogen (secondary N) is 1. The summed E-state index contributed by atoms with van der Waals surface area (Å²) in [4.78, 5) is 25.1. The minimum absolute atomic E-state index is 0.107. The second-order valence-electron chi connectivity index (χ2n) is 7.23. The standard InChI is InChI=1S/C20H25FN4O2/c1-3-25-9-6-16-18(23-13-22-16)20(25)7-10-24(11-8-20)19(26)14-4-5-17(27-2)15(21)12-14/h4-5,12-13H,3,6-11H2,1-2H3,(H,22,23). The van der Waals surface area contributed by atoms with Gasteiger partial charge in [0.05, 0.1) is 24.7 Å². The number of aromatic amines is 1. The van der Waals surface area contributed by atoms with Crippen LogP contribution in [-0.4, -0.2) is 59.0 Å². The largest absolute Gasteiger partial charge is 0.494 e. The molecule has 2 aliphatic heterocycles. The summed E-state index contributed by atoms with van der Waals surface area (Å²) < 4.78 is 18.9. The first-order chi connectivity index (χ1) is 13.1. The molecule has 1 aromatic carbocycles. The van der Waals surface area contributed by atoms with Crippen LogP contribution in [0.4, 0.5) is 4.39 Å². The van der Waals surface area contributed by atoms with Crippen LogP contribution in [0.3, 0.4) is 0 Å². The zero-order valence-corrected chi connectivity index (χ0v) is 15.8. The van der Waals surface area contributed by atoms with E-state index >= 15 is 0 Å². The van der Waals surface area contributed by atoms with Crippen molar-refractivity contribution < 1.29 is 13.9 Å². The Bertz CT molecular complexity index is 842. The normalized spacial score (nSPS) is 19.1. The monoisotopic (exact) mass is 372 g/mol. The smallest absolute Gasteiger partial charge is 0.253 e. The summed E-state index contributed by atoms with van der Waals surface area (Å²) in [6, 6.07) is 4.39. The van der Waals surface area contributed by atoms with Gasteiger partial charge in [-0.1, -0.05) is 6.92 Å². The summed E-state index contributed by atoms with van der Waals surface area (Å²) in [5.74, 6) is -0.494. The Hall–Kier alpha value is -2.41.